The first-order valence-corrected chi connectivity index (χ1v) is 11.1. The van der Waals surface area contributed by atoms with E-state index in [2.05, 4.69) is 0 Å². The lowest BCUT2D eigenvalue weighted by atomic mass is 9.94. The second-order valence-electron chi connectivity index (χ2n) is 8.60. The number of carbonyl (C=O) groups excluding carboxylic acids is 2. The normalized spacial score (nSPS) is 15.4. The number of nitrogens with zero attached hydrogens (tertiary/aromatic N) is 4. The molecule has 1 aliphatic heterocycles. The van der Waals surface area contributed by atoms with Gasteiger partial charge in [0.25, 0.3) is 0 Å². The van der Waals surface area contributed by atoms with Crippen LogP contribution < -0.4 is 0 Å². The van der Waals surface area contributed by atoms with Gasteiger partial charge in [-0.05, 0) is 44.2 Å². The Morgan fingerprint density at radius 2 is 1.73 bits per heavy atom. The van der Waals surface area contributed by atoms with Gasteiger partial charge in [0.15, 0.2) is 0 Å². The number of hydrogen-bond donors (Lipinski definition) is 0. The summed E-state index contributed by atoms with van der Waals surface area (Å²) in [7, 11) is 3.29. The highest BCUT2D eigenvalue weighted by molar-refractivity contribution is 5.86. The standard InChI is InChI=1S/C26H30N4O3/c1-18-23(19(2)30(27-18)22-12-6-5-7-13-22)16-28(3)17-25(31)29-15-21-11-9-8-10-20(21)14-24(29)26(32)33-4/h5-13,24H,14-17H2,1-4H3. The fraction of sp³-hybridized carbons (Fsp3) is 0.346. The van der Waals surface area contributed by atoms with Gasteiger partial charge in [0.05, 0.1) is 25.0 Å². The fourth-order valence-corrected chi connectivity index (χ4v) is 4.50. The molecular formula is C26H30N4O3. The van der Waals surface area contributed by atoms with Crippen molar-refractivity contribution in [1.82, 2.24) is 19.6 Å². The van der Waals surface area contributed by atoms with Crippen molar-refractivity contribution in [2.45, 2.75) is 39.4 Å². The van der Waals surface area contributed by atoms with E-state index in [1.165, 1.54) is 7.11 Å². The smallest absolute Gasteiger partial charge is 0.328 e. The van der Waals surface area contributed by atoms with Crippen molar-refractivity contribution < 1.29 is 14.3 Å². The zero-order valence-electron chi connectivity index (χ0n) is 19.6. The van der Waals surface area contributed by atoms with E-state index in [-0.39, 0.29) is 18.4 Å². The van der Waals surface area contributed by atoms with Gasteiger partial charge in [0.1, 0.15) is 6.04 Å². The Labute approximate surface area is 194 Å². The van der Waals surface area contributed by atoms with Crippen LogP contribution in [0.15, 0.2) is 54.6 Å². The van der Waals surface area contributed by atoms with Crippen molar-refractivity contribution in [3.8, 4) is 5.69 Å². The molecule has 0 bridgehead atoms. The molecule has 0 spiro atoms. The largest absolute Gasteiger partial charge is 0.467 e. The summed E-state index contributed by atoms with van der Waals surface area (Å²) in [5, 5.41) is 4.71. The first-order chi connectivity index (χ1) is 15.9. The molecule has 1 aromatic heterocycles. The predicted molar refractivity (Wildman–Crippen MR) is 126 cm³/mol. The van der Waals surface area contributed by atoms with Gasteiger partial charge in [-0.25, -0.2) is 9.48 Å². The van der Waals surface area contributed by atoms with Gasteiger partial charge in [-0.3, -0.25) is 9.69 Å². The van der Waals surface area contributed by atoms with Crippen LogP contribution in [0, 0.1) is 13.8 Å². The number of benzene rings is 2. The Morgan fingerprint density at radius 1 is 1.06 bits per heavy atom. The molecule has 1 unspecified atom stereocenters. The highest BCUT2D eigenvalue weighted by Gasteiger charge is 2.35. The van der Waals surface area contributed by atoms with E-state index in [1.54, 1.807) is 4.90 Å². The predicted octanol–water partition coefficient (Wildman–Crippen LogP) is 3.05. The zero-order valence-corrected chi connectivity index (χ0v) is 19.6. The molecular weight excluding hydrogens is 416 g/mol. The van der Waals surface area contributed by atoms with E-state index in [4.69, 9.17) is 9.84 Å². The Morgan fingerprint density at radius 3 is 2.42 bits per heavy atom. The van der Waals surface area contributed by atoms with Gasteiger partial charge in [-0.2, -0.15) is 5.10 Å². The molecule has 2 aromatic carbocycles. The maximum atomic E-state index is 13.3. The summed E-state index contributed by atoms with van der Waals surface area (Å²) in [5.41, 5.74) is 6.26. The number of hydrogen-bond acceptors (Lipinski definition) is 5. The van der Waals surface area contributed by atoms with Gasteiger partial charge in [0, 0.05) is 30.8 Å². The Hall–Kier alpha value is -3.45. The SMILES string of the molecule is COC(=O)C1Cc2ccccc2CN1C(=O)CN(C)Cc1c(C)nn(-c2ccccc2)c1C. The van der Waals surface area contributed by atoms with Crippen molar-refractivity contribution in [1.29, 1.82) is 0 Å². The Kier molecular flexibility index (Phi) is 6.60. The van der Waals surface area contributed by atoms with E-state index in [1.807, 2.05) is 85.1 Å². The number of methoxy groups -OCH3 is 1. The minimum Gasteiger partial charge on any atom is -0.467 e. The number of aromatic nitrogens is 2. The van der Waals surface area contributed by atoms with Gasteiger partial charge in [-0.15, -0.1) is 0 Å². The highest BCUT2D eigenvalue weighted by atomic mass is 16.5. The van der Waals surface area contributed by atoms with E-state index >= 15 is 0 Å². The molecule has 172 valence electrons. The molecule has 2 heterocycles. The van der Waals surface area contributed by atoms with Crippen LogP contribution in [0.25, 0.3) is 5.69 Å². The molecule has 1 atom stereocenters. The lowest BCUT2D eigenvalue weighted by Gasteiger charge is -2.36. The number of carbonyl (C=O) groups is 2. The molecule has 4 rings (SSSR count). The molecule has 33 heavy (non-hydrogen) atoms. The van der Waals surface area contributed by atoms with Crippen LogP contribution in [-0.4, -0.2) is 58.2 Å². The first kappa shape index (κ1) is 22.7. The van der Waals surface area contributed by atoms with Crippen molar-refractivity contribution >= 4 is 11.9 Å². The van der Waals surface area contributed by atoms with Gasteiger partial charge >= 0.3 is 5.97 Å². The maximum Gasteiger partial charge on any atom is 0.328 e. The van der Waals surface area contributed by atoms with Crippen LogP contribution in [0.2, 0.25) is 0 Å². The van der Waals surface area contributed by atoms with Crippen molar-refractivity contribution in [2.75, 3.05) is 20.7 Å². The number of fused-ring (bicyclic) bond motifs is 1. The summed E-state index contributed by atoms with van der Waals surface area (Å²) in [5.74, 6) is -0.468. The summed E-state index contributed by atoms with van der Waals surface area (Å²) in [6.45, 7) is 5.24. The molecule has 1 aliphatic rings. The molecule has 3 aromatic rings. The molecule has 0 fully saturated rings. The number of aryl methyl sites for hydroxylation is 1. The third-order valence-electron chi connectivity index (χ3n) is 6.32. The molecule has 7 nitrogen and oxygen atoms in total. The van der Waals surface area contributed by atoms with Gasteiger partial charge in [-0.1, -0.05) is 42.5 Å². The average molecular weight is 447 g/mol. The number of likely N-dealkylation sites (N-methyl/N-ethyl adjacent to an activating group) is 1. The lowest BCUT2D eigenvalue weighted by Crippen LogP contribution is -2.51. The molecule has 7 heteroatoms. The van der Waals surface area contributed by atoms with Crippen molar-refractivity contribution in [2.24, 2.45) is 0 Å². The summed E-state index contributed by atoms with van der Waals surface area (Å²) in [6.07, 6.45) is 0.473. The first-order valence-electron chi connectivity index (χ1n) is 11.1. The number of para-hydroxylation sites is 1. The summed E-state index contributed by atoms with van der Waals surface area (Å²) >= 11 is 0. The van der Waals surface area contributed by atoms with Crippen molar-refractivity contribution in [3.05, 3.63) is 82.7 Å². The van der Waals surface area contributed by atoms with E-state index in [0.717, 1.165) is 33.8 Å². The highest BCUT2D eigenvalue weighted by Crippen LogP contribution is 2.25. The summed E-state index contributed by atoms with van der Waals surface area (Å²) < 4.78 is 6.94. The van der Waals surface area contributed by atoms with Gasteiger partial charge in [0.2, 0.25) is 5.91 Å². The third kappa shape index (κ3) is 4.68. The second kappa shape index (κ2) is 9.58. The van der Waals surface area contributed by atoms with Crippen LogP contribution in [0.1, 0.15) is 28.1 Å². The van der Waals surface area contributed by atoms with Crippen LogP contribution >= 0.6 is 0 Å². The minimum absolute atomic E-state index is 0.0897. The monoisotopic (exact) mass is 446 g/mol. The Bertz CT molecular complexity index is 1160. The van der Waals surface area contributed by atoms with Crippen LogP contribution in [-0.2, 0) is 33.8 Å². The number of ether oxygens (including phenoxy) is 1. The van der Waals surface area contributed by atoms with Crippen LogP contribution in [0.5, 0.6) is 0 Å². The average Bonchev–Trinajstić information content (AvgIpc) is 3.11. The van der Waals surface area contributed by atoms with E-state index in [9.17, 15) is 9.59 Å². The zero-order chi connectivity index (χ0) is 23.5. The second-order valence-corrected chi connectivity index (χ2v) is 8.60. The third-order valence-corrected chi connectivity index (χ3v) is 6.32. The molecule has 0 saturated heterocycles. The maximum absolute atomic E-state index is 13.3. The van der Waals surface area contributed by atoms with E-state index in [0.29, 0.717) is 19.5 Å². The molecule has 1 amide bonds. The number of amides is 1. The fourth-order valence-electron chi connectivity index (χ4n) is 4.50. The Balaban J connectivity index is 1.49. The molecule has 0 saturated carbocycles. The van der Waals surface area contributed by atoms with Crippen LogP contribution in [0.4, 0.5) is 0 Å². The molecule has 0 radical (unpaired) electrons. The summed E-state index contributed by atoms with van der Waals surface area (Å²) in [6, 6.07) is 17.4. The molecule has 0 N–H and O–H groups in total. The quantitative estimate of drug-likeness (QED) is 0.545. The van der Waals surface area contributed by atoms with Gasteiger partial charge < -0.3 is 9.64 Å². The molecule has 0 aliphatic carbocycles. The van der Waals surface area contributed by atoms with Crippen molar-refractivity contribution in [3.63, 3.8) is 0 Å². The summed E-state index contributed by atoms with van der Waals surface area (Å²) in [4.78, 5) is 29.4. The lowest BCUT2D eigenvalue weighted by molar-refractivity contribution is -0.154. The van der Waals surface area contributed by atoms with Crippen LogP contribution in [0.3, 0.4) is 0 Å². The van der Waals surface area contributed by atoms with E-state index < -0.39 is 6.04 Å². The topological polar surface area (TPSA) is 67.7 Å². The number of rotatable bonds is 6. The number of esters is 1. The minimum atomic E-state index is -0.602.